The molecule has 1 aromatic heterocycles. The lowest BCUT2D eigenvalue weighted by Gasteiger charge is -2.17. The van der Waals surface area contributed by atoms with Crippen LogP contribution < -0.4 is 5.32 Å². The predicted octanol–water partition coefficient (Wildman–Crippen LogP) is 5.22. The molecule has 0 unspecified atom stereocenters. The number of anilines is 1. The number of halogens is 1. The summed E-state index contributed by atoms with van der Waals surface area (Å²) in [5, 5.41) is 11.6. The van der Waals surface area contributed by atoms with Crippen LogP contribution in [0.5, 0.6) is 0 Å². The third-order valence-corrected chi connectivity index (χ3v) is 4.93. The van der Waals surface area contributed by atoms with Crippen molar-refractivity contribution in [1.82, 2.24) is 10.2 Å². The van der Waals surface area contributed by atoms with Gasteiger partial charge in [-0.15, -0.1) is 0 Å². The molecule has 0 aliphatic heterocycles. The van der Waals surface area contributed by atoms with Crippen LogP contribution in [0.1, 0.15) is 29.5 Å². The fourth-order valence-corrected chi connectivity index (χ4v) is 3.48. The van der Waals surface area contributed by atoms with E-state index in [1.54, 1.807) is 0 Å². The smallest absolute Gasteiger partial charge is 0.0700 e. The van der Waals surface area contributed by atoms with Crippen LogP contribution in [-0.4, -0.2) is 10.2 Å². The molecule has 0 spiro atoms. The van der Waals surface area contributed by atoms with Gasteiger partial charge in [0.05, 0.1) is 11.9 Å². The standard InChI is InChI=1S/C20H20ClN3/c21-18-8-5-15(6-9-18)20-17(13-23-24-20)12-22-19-10-7-14-3-1-2-4-16(14)11-19/h5-11,13,22H,1-4,12H2,(H,23,24). The highest BCUT2D eigenvalue weighted by Gasteiger charge is 2.11. The van der Waals surface area contributed by atoms with Crippen molar-refractivity contribution in [2.45, 2.75) is 32.2 Å². The van der Waals surface area contributed by atoms with Crippen molar-refractivity contribution in [1.29, 1.82) is 0 Å². The van der Waals surface area contributed by atoms with Gasteiger partial charge < -0.3 is 5.32 Å². The van der Waals surface area contributed by atoms with E-state index >= 15 is 0 Å². The Morgan fingerprint density at radius 1 is 1.00 bits per heavy atom. The van der Waals surface area contributed by atoms with E-state index in [0.717, 1.165) is 28.4 Å². The quantitative estimate of drug-likeness (QED) is 0.685. The van der Waals surface area contributed by atoms with Gasteiger partial charge in [0, 0.05) is 22.8 Å². The molecule has 1 aliphatic carbocycles. The maximum atomic E-state index is 5.97. The SMILES string of the molecule is Clc1ccc(-c2[nH]ncc2CNc2ccc3c(c2)CCCC3)cc1. The van der Waals surface area contributed by atoms with E-state index in [0.29, 0.717) is 0 Å². The van der Waals surface area contributed by atoms with E-state index in [2.05, 4.69) is 33.7 Å². The Labute approximate surface area is 147 Å². The van der Waals surface area contributed by atoms with Crippen molar-refractivity contribution in [2.75, 3.05) is 5.32 Å². The summed E-state index contributed by atoms with van der Waals surface area (Å²) in [6.45, 7) is 0.743. The molecule has 0 saturated carbocycles. The van der Waals surface area contributed by atoms with E-state index in [4.69, 9.17) is 11.6 Å². The van der Waals surface area contributed by atoms with Crippen molar-refractivity contribution in [3.05, 3.63) is 70.4 Å². The van der Waals surface area contributed by atoms with Gasteiger partial charge in [-0.05, 0) is 66.6 Å². The maximum Gasteiger partial charge on any atom is 0.0700 e. The van der Waals surface area contributed by atoms with Crippen molar-refractivity contribution in [2.24, 2.45) is 0 Å². The molecule has 1 heterocycles. The Bertz CT molecular complexity index is 836. The molecule has 0 fully saturated rings. The van der Waals surface area contributed by atoms with Crippen molar-refractivity contribution >= 4 is 17.3 Å². The Morgan fingerprint density at radius 2 is 1.79 bits per heavy atom. The second-order valence-corrected chi connectivity index (χ2v) is 6.76. The minimum Gasteiger partial charge on any atom is -0.381 e. The molecule has 2 N–H and O–H groups in total. The minimum atomic E-state index is 0.743. The van der Waals surface area contributed by atoms with E-state index in [1.807, 2.05) is 30.5 Å². The van der Waals surface area contributed by atoms with Gasteiger partial charge in [0.2, 0.25) is 0 Å². The van der Waals surface area contributed by atoms with Gasteiger partial charge in [-0.2, -0.15) is 5.10 Å². The average molecular weight is 338 g/mol. The van der Waals surface area contributed by atoms with Crippen molar-refractivity contribution in [3.8, 4) is 11.3 Å². The van der Waals surface area contributed by atoms with E-state index in [1.165, 1.54) is 42.5 Å². The molecule has 3 aromatic rings. The lowest BCUT2D eigenvalue weighted by molar-refractivity contribution is 0.686. The minimum absolute atomic E-state index is 0.743. The summed E-state index contributed by atoms with van der Waals surface area (Å²) in [5.74, 6) is 0. The summed E-state index contributed by atoms with van der Waals surface area (Å²) in [6.07, 6.45) is 6.93. The Balaban J connectivity index is 1.51. The molecule has 122 valence electrons. The van der Waals surface area contributed by atoms with E-state index in [-0.39, 0.29) is 0 Å². The second kappa shape index (κ2) is 6.70. The predicted molar refractivity (Wildman–Crippen MR) is 99.4 cm³/mol. The number of benzene rings is 2. The van der Waals surface area contributed by atoms with Crippen molar-refractivity contribution < 1.29 is 0 Å². The Hall–Kier alpha value is -2.26. The number of hydrogen-bond acceptors (Lipinski definition) is 2. The molecule has 4 rings (SSSR count). The molecular formula is C20H20ClN3. The molecule has 1 aliphatic rings. The van der Waals surface area contributed by atoms with E-state index < -0.39 is 0 Å². The highest BCUT2D eigenvalue weighted by atomic mass is 35.5. The Kier molecular flexibility index (Phi) is 4.26. The zero-order chi connectivity index (χ0) is 16.4. The number of H-pyrrole nitrogens is 1. The monoisotopic (exact) mass is 337 g/mol. The molecule has 0 radical (unpaired) electrons. The largest absolute Gasteiger partial charge is 0.381 e. The Morgan fingerprint density at radius 3 is 2.62 bits per heavy atom. The first-order valence-corrected chi connectivity index (χ1v) is 8.81. The molecule has 2 aromatic carbocycles. The molecule has 4 heteroatoms. The molecule has 3 nitrogen and oxygen atoms in total. The number of fused-ring (bicyclic) bond motifs is 1. The summed E-state index contributed by atoms with van der Waals surface area (Å²) in [7, 11) is 0. The van der Waals surface area contributed by atoms with Gasteiger partial charge in [-0.25, -0.2) is 0 Å². The van der Waals surface area contributed by atoms with Gasteiger partial charge in [-0.3, -0.25) is 5.10 Å². The maximum absolute atomic E-state index is 5.97. The number of aromatic nitrogens is 2. The zero-order valence-corrected chi connectivity index (χ0v) is 14.2. The zero-order valence-electron chi connectivity index (χ0n) is 13.5. The van der Waals surface area contributed by atoms with Crippen LogP contribution in [0.4, 0.5) is 5.69 Å². The molecule has 0 amide bonds. The molecular weight excluding hydrogens is 318 g/mol. The molecule has 0 saturated heterocycles. The van der Waals surface area contributed by atoms with E-state index in [9.17, 15) is 0 Å². The van der Waals surface area contributed by atoms with Crippen molar-refractivity contribution in [3.63, 3.8) is 0 Å². The van der Waals surface area contributed by atoms with Crippen LogP contribution in [0.15, 0.2) is 48.7 Å². The lowest BCUT2D eigenvalue weighted by atomic mass is 9.91. The molecule has 24 heavy (non-hydrogen) atoms. The van der Waals surface area contributed by atoms with Gasteiger partial charge in [-0.1, -0.05) is 29.8 Å². The topological polar surface area (TPSA) is 40.7 Å². The summed E-state index contributed by atoms with van der Waals surface area (Å²) < 4.78 is 0. The van der Waals surface area contributed by atoms with Crippen LogP contribution in [0, 0.1) is 0 Å². The van der Waals surface area contributed by atoms with Crippen LogP contribution >= 0.6 is 11.6 Å². The van der Waals surface area contributed by atoms with Crippen LogP contribution in [0.25, 0.3) is 11.3 Å². The number of nitrogens with zero attached hydrogens (tertiary/aromatic N) is 1. The first-order chi connectivity index (χ1) is 11.8. The fraction of sp³-hybridized carbons (Fsp3) is 0.250. The first-order valence-electron chi connectivity index (χ1n) is 8.43. The highest BCUT2D eigenvalue weighted by Crippen LogP contribution is 2.26. The fourth-order valence-electron chi connectivity index (χ4n) is 3.35. The number of aromatic amines is 1. The van der Waals surface area contributed by atoms with Crippen LogP contribution in [-0.2, 0) is 19.4 Å². The first kappa shape index (κ1) is 15.3. The molecule has 0 bridgehead atoms. The number of aryl methyl sites for hydroxylation is 2. The second-order valence-electron chi connectivity index (χ2n) is 6.32. The van der Waals surface area contributed by atoms with Crippen LogP contribution in [0.3, 0.4) is 0 Å². The highest BCUT2D eigenvalue weighted by molar-refractivity contribution is 6.30. The summed E-state index contributed by atoms with van der Waals surface area (Å²) in [6, 6.07) is 14.6. The molecule has 0 atom stereocenters. The lowest BCUT2D eigenvalue weighted by Crippen LogP contribution is -2.05. The van der Waals surface area contributed by atoms with Gasteiger partial charge in [0.25, 0.3) is 0 Å². The summed E-state index contributed by atoms with van der Waals surface area (Å²) >= 11 is 5.97. The third kappa shape index (κ3) is 3.17. The number of rotatable bonds is 4. The average Bonchev–Trinajstić information content (AvgIpc) is 3.09. The van der Waals surface area contributed by atoms with Gasteiger partial charge in [0.15, 0.2) is 0 Å². The third-order valence-electron chi connectivity index (χ3n) is 4.68. The number of hydrogen-bond donors (Lipinski definition) is 2. The normalized spacial score (nSPS) is 13.5. The van der Waals surface area contributed by atoms with Gasteiger partial charge in [0.1, 0.15) is 0 Å². The number of nitrogens with one attached hydrogen (secondary N) is 2. The van der Waals surface area contributed by atoms with Crippen LogP contribution in [0.2, 0.25) is 5.02 Å². The van der Waals surface area contributed by atoms with Gasteiger partial charge >= 0.3 is 0 Å². The summed E-state index contributed by atoms with van der Waals surface area (Å²) in [5.41, 5.74) is 7.47. The summed E-state index contributed by atoms with van der Waals surface area (Å²) in [4.78, 5) is 0.